The number of hydrogen-bond donors (Lipinski definition) is 2. The number of amides is 2. The van der Waals surface area contributed by atoms with E-state index in [1.165, 1.54) is 30.6 Å². The van der Waals surface area contributed by atoms with Gasteiger partial charge in [-0.05, 0) is 78.4 Å². The summed E-state index contributed by atoms with van der Waals surface area (Å²) in [6.45, 7) is 0. The Morgan fingerprint density at radius 1 is 1.13 bits per heavy atom. The van der Waals surface area contributed by atoms with Gasteiger partial charge in [0.15, 0.2) is 0 Å². The largest absolute Gasteiger partial charge is 0.279 e. The Kier molecular flexibility index (Phi) is 3.89. The lowest BCUT2D eigenvalue weighted by Gasteiger charge is -2.59. The third kappa shape index (κ3) is 2.89. The van der Waals surface area contributed by atoms with E-state index < -0.39 is 0 Å². The molecule has 2 amide bonds. The van der Waals surface area contributed by atoms with Crippen LogP contribution in [0.1, 0.15) is 48.2 Å². The van der Waals surface area contributed by atoms with Crippen molar-refractivity contribution in [3.05, 3.63) is 20.8 Å². The number of carbonyl (C=O) groups is 2. The van der Waals surface area contributed by atoms with Gasteiger partial charge in [-0.2, -0.15) is 0 Å². The second-order valence-electron chi connectivity index (χ2n) is 7.40. The molecule has 7 heteroatoms. The molecule has 0 spiro atoms. The first-order valence-corrected chi connectivity index (χ1v) is 10.3. The van der Waals surface area contributed by atoms with Gasteiger partial charge in [-0.3, -0.25) is 20.4 Å². The van der Waals surface area contributed by atoms with Crippen LogP contribution in [0.15, 0.2) is 15.9 Å². The summed E-state index contributed by atoms with van der Waals surface area (Å²) in [6, 6.07) is 3.57. The van der Waals surface area contributed by atoms with Gasteiger partial charge in [0.05, 0.1) is 14.1 Å². The van der Waals surface area contributed by atoms with Crippen molar-refractivity contribution < 1.29 is 9.59 Å². The molecule has 0 aliphatic heterocycles. The van der Waals surface area contributed by atoms with Gasteiger partial charge in [0.1, 0.15) is 0 Å². The van der Waals surface area contributed by atoms with Gasteiger partial charge in [-0.15, -0.1) is 11.3 Å². The molecule has 2 unspecified atom stereocenters. The van der Waals surface area contributed by atoms with Gasteiger partial charge >= 0.3 is 0 Å². The predicted molar refractivity (Wildman–Crippen MR) is 96.4 cm³/mol. The molecule has 4 bridgehead atoms. The molecule has 1 heterocycles. The van der Waals surface area contributed by atoms with Crippen molar-refractivity contribution in [2.75, 3.05) is 0 Å². The number of hydrazine groups is 1. The molecule has 1 aromatic heterocycles. The second kappa shape index (κ2) is 5.56. The first kappa shape index (κ1) is 16.1. The zero-order valence-electron chi connectivity index (χ0n) is 12.5. The molecule has 4 aliphatic carbocycles. The summed E-state index contributed by atoms with van der Waals surface area (Å²) in [4.78, 5) is 25.5. The molecular weight excluding hydrogens is 444 g/mol. The van der Waals surface area contributed by atoms with Crippen LogP contribution in [0.4, 0.5) is 0 Å². The normalized spacial score (nSPS) is 37.7. The molecule has 4 fully saturated rings. The van der Waals surface area contributed by atoms with E-state index in [1.54, 1.807) is 6.07 Å². The van der Waals surface area contributed by atoms with Crippen LogP contribution in [0.3, 0.4) is 0 Å². The lowest BCUT2D eigenvalue weighted by atomic mass is 9.49. The highest BCUT2D eigenvalue weighted by Crippen LogP contribution is 2.64. The number of nitrogens with one attached hydrogen (secondary N) is 2. The van der Waals surface area contributed by atoms with Crippen molar-refractivity contribution in [2.45, 2.75) is 42.8 Å². The zero-order chi connectivity index (χ0) is 16.2. The van der Waals surface area contributed by atoms with Crippen molar-refractivity contribution in [3.8, 4) is 0 Å². The maximum atomic E-state index is 12.8. The molecule has 0 aromatic carbocycles. The summed E-state index contributed by atoms with van der Waals surface area (Å²) >= 11 is 8.60. The zero-order valence-corrected chi connectivity index (χ0v) is 16.5. The van der Waals surface area contributed by atoms with E-state index in [-0.39, 0.29) is 21.6 Å². The van der Waals surface area contributed by atoms with Gasteiger partial charge in [-0.25, -0.2) is 0 Å². The fourth-order valence-electron chi connectivity index (χ4n) is 5.16. The van der Waals surface area contributed by atoms with Crippen LogP contribution in [0.2, 0.25) is 0 Å². The van der Waals surface area contributed by atoms with E-state index in [0.29, 0.717) is 16.7 Å². The average molecular weight is 462 g/mol. The maximum Gasteiger partial charge on any atom is 0.279 e. The topological polar surface area (TPSA) is 58.2 Å². The minimum absolute atomic E-state index is 0.0144. The molecule has 23 heavy (non-hydrogen) atoms. The fourth-order valence-corrected chi connectivity index (χ4v) is 7.89. The monoisotopic (exact) mass is 460 g/mol. The third-order valence-electron chi connectivity index (χ3n) is 5.56. The van der Waals surface area contributed by atoms with Crippen LogP contribution in [0.5, 0.6) is 0 Å². The second-order valence-corrected chi connectivity index (χ2v) is 11.5. The summed E-state index contributed by atoms with van der Waals surface area (Å²) in [5.41, 5.74) is 4.97. The molecule has 0 radical (unpaired) electrons. The molecule has 2 atom stereocenters. The molecule has 1 aromatic rings. The van der Waals surface area contributed by atoms with Crippen molar-refractivity contribution in [1.29, 1.82) is 0 Å². The van der Waals surface area contributed by atoms with Crippen LogP contribution < -0.4 is 10.9 Å². The SMILES string of the molecule is O=C(NNC(=O)C12CC3CC(CC(Br)(C3)C1)C2)c1ccc(Br)s1. The Morgan fingerprint density at radius 2 is 1.83 bits per heavy atom. The van der Waals surface area contributed by atoms with E-state index in [2.05, 4.69) is 42.7 Å². The highest BCUT2D eigenvalue weighted by atomic mass is 79.9. The molecule has 4 nitrogen and oxygen atoms in total. The lowest BCUT2D eigenvalue weighted by Crippen LogP contribution is -2.60. The molecule has 4 aliphatic rings. The quantitative estimate of drug-likeness (QED) is 0.516. The maximum absolute atomic E-state index is 12.8. The molecule has 4 saturated carbocycles. The van der Waals surface area contributed by atoms with Gasteiger partial charge in [0.25, 0.3) is 5.91 Å². The van der Waals surface area contributed by atoms with Crippen LogP contribution in [0, 0.1) is 17.3 Å². The summed E-state index contributed by atoms with van der Waals surface area (Å²) in [7, 11) is 0. The molecular formula is C16H18Br2N2O2S. The minimum Gasteiger partial charge on any atom is -0.273 e. The van der Waals surface area contributed by atoms with Crippen molar-refractivity contribution in [3.63, 3.8) is 0 Å². The number of halogens is 2. The Labute approximate surface area is 156 Å². The van der Waals surface area contributed by atoms with Crippen molar-refractivity contribution in [2.24, 2.45) is 17.3 Å². The van der Waals surface area contributed by atoms with Crippen LogP contribution in [-0.4, -0.2) is 16.1 Å². The number of rotatable bonds is 2. The Hall–Kier alpha value is -0.400. The summed E-state index contributed by atoms with van der Waals surface area (Å²) in [6.07, 6.45) is 6.45. The van der Waals surface area contributed by atoms with E-state index in [9.17, 15) is 9.59 Å². The fraction of sp³-hybridized carbons (Fsp3) is 0.625. The molecule has 5 rings (SSSR count). The number of alkyl halides is 1. The Morgan fingerprint density at radius 3 is 2.39 bits per heavy atom. The van der Waals surface area contributed by atoms with Gasteiger partial charge < -0.3 is 0 Å². The standard InChI is InChI=1S/C16H18Br2N2O2S/c17-12-2-1-11(23-12)13(21)19-20-14(22)15-4-9-3-10(5-15)7-16(18,6-9)8-15/h1-2,9-10H,3-8H2,(H,19,21)(H,20,22). The first-order valence-electron chi connectivity index (χ1n) is 7.93. The van der Waals surface area contributed by atoms with Gasteiger partial charge in [0.2, 0.25) is 5.91 Å². The highest BCUT2D eigenvalue weighted by molar-refractivity contribution is 9.11. The number of hydrogen-bond acceptors (Lipinski definition) is 3. The molecule has 124 valence electrons. The first-order chi connectivity index (χ1) is 10.9. The van der Waals surface area contributed by atoms with Crippen molar-refractivity contribution in [1.82, 2.24) is 10.9 Å². The number of carbonyl (C=O) groups excluding carboxylic acids is 2. The summed E-state index contributed by atoms with van der Waals surface area (Å²) < 4.78 is 1.04. The smallest absolute Gasteiger partial charge is 0.273 e. The van der Waals surface area contributed by atoms with Gasteiger partial charge in [-0.1, -0.05) is 15.9 Å². The number of thiophene rings is 1. The minimum atomic E-state index is -0.309. The van der Waals surface area contributed by atoms with Crippen LogP contribution in [-0.2, 0) is 4.79 Å². The lowest BCUT2D eigenvalue weighted by molar-refractivity contribution is -0.144. The van der Waals surface area contributed by atoms with E-state index in [1.807, 2.05) is 6.07 Å². The Bertz CT molecular complexity index is 661. The predicted octanol–water partition coefficient (Wildman–Crippen LogP) is 4.01. The van der Waals surface area contributed by atoms with E-state index in [0.717, 1.165) is 23.0 Å². The molecule has 0 saturated heterocycles. The average Bonchev–Trinajstić information content (AvgIpc) is 2.88. The van der Waals surface area contributed by atoms with Gasteiger partial charge in [0, 0.05) is 4.32 Å². The third-order valence-corrected chi connectivity index (χ3v) is 8.11. The van der Waals surface area contributed by atoms with E-state index >= 15 is 0 Å². The van der Waals surface area contributed by atoms with Crippen LogP contribution >= 0.6 is 43.2 Å². The Balaban J connectivity index is 1.44. The summed E-state index contributed by atoms with van der Waals surface area (Å²) in [5, 5.41) is 0. The molecule has 2 N–H and O–H groups in total. The summed E-state index contributed by atoms with van der Waals surface area (Å²) in [5.74, 6) is 1.02. The van der Waals surface area contributed by atoms with Crippen LogP contribution in [0.25, 0.3) is 0 Å². The van der Waals surface area contributed by atoms with Crippen molar-refractivity contribution >= 4 is 55.0 Å². The van der Waals surface area contributed by atoms with E-state index in [4.69, 9.17) is 0 Å². The highest BCUT2D eigenvalue weighted by Gasteiger charge is 2.59.